The summed E-state index contributed by atoms with van der Waals surface area (Å²) in [4.78, 5) is 27.3. The minimum Gasteiger partial charge on any atom is -0.322 e. The van der Waals surface area contributed by atoms with Crippen molar-refractivity contribution in [2.24, 2.45) is 4.99 Å². The van der Waals surface area contributed by atoms with Crippen molar-refractivity contribution in [2.45, 2.75) is 6.42 Å². The number of anilines is 1. The van der Waals surface area contributed by atoms with Gasteiger partial charge in [-0.15, -0.1) is 0 Å². The Bertz CT molecular complexity index is 581. The van der Waals surface area contributed by atoms with Crippen LogP contribution in [-0.2, 0) is 9.59 Å². The molecule has 0 bridgehead atoms. The third-order valence-corrected chi connectivity index (χ3v) is 3.17. The molecule has 18 heavy (non-hydrogen) atoms. The molecule has 0 spiro atoms. The lowest BCUT2D eigenvalue weighted by atomic mass is 10.1. The van der Waals surface area contributed by atoms with E-state index in [1.54, 1.807) is 6.07 Å². The van der Waals surface area contributed by atoms with Gasteiger partial charge in [-0.1, -0.05) is 17.7 Å². The summed E-state index contributed by atoms with van der Waals surface area (Å²) in [6, 6.07) is 7.29. The highest BCUT2D eigenvalue weighted by Gasteiger charge is 2.22. The molecule has 2 rings (SSSR count). The number of carbonyl (C=O) groups excluding carboxylic acids is 2. The molecule has 1 heterocycles. The summed E-state index contributed by atoms with van der Waals surface area (Å²) in [6.07, 6.45) is 1.19. The number of aliphatic imine (C=N–C) groups is 1. The van der Waals surface area contributed by atoms with Gasteiger partial charge in [0.05, 0.1) is 6.42 Å². The fourth-order valence-corrected chi connectivity index (χ4v) is 2.14. The Morgan fingerprint density at radius 2 is 2.22 bits per heavy atom. The number of ketones is 1. The lowest BCUT2D eigenvalue weighted by Crippen LogP contribution is -2.23. The van der Waals surface area contributed by atoms with Gasteiger partial charge in [0.2, 0.25) is 0 Å². The van der Waals surface area contributed by atoms with Crippen molar-refractivity contribution in [1.82, 2.24) is 0 Å². The van der Waals surface area contributed by atoms with Gasteiger partial charge in [0, 0.05) is 15.5 Å². The first-order valence-corrected chi connectivity index (χ1v) is 6.54. The highest BCUT2D eigenvalue weighted by molar-refractivity contribution is 14.1. The molecule has 0 aliphatic carbocycles. The van der Waals surface area contributed by atoms with Gasteiger partial charge in [-0.3, -0.25) is 9.59 Å². The van der Waals surface area contributed by atoms with Crippen LogP contribution in [-0.4, -0.2) is 16.9 Å². The monoisotopic (exact) mass is 374 g/mol. The standard InChI is InChI=1S/C12H8ClIN2O2/c13-11-5-10(17)9(6-15-11)12(18)16-8-3-1-2-7(14)4-8/h1-4,6H,5H2,(H,16,18). The Balaban J connectivity index is 2.16. The molecular weight excluding hydrogens is 367 g/mol. The summed E-state index contributed by atoms with van der Waals surface area (Å²) in [7, 11) is 0. The summed E-state index contributed by atoms with van der Waals surface area (Å²) < 4.78 is 0.996. The molecule has 1 aliphatic heterocycles. The summed E-state index contributed by atoms with van der Waals surface area (Å²) in [5.74, 6) is -0.784. The van der Waals surface area contributed by atoms with E-state index in [0.29, 0.717) is 5.69 Å². The molecule has 0 saturated heterocycles. The van der Waals surface area contributed by atoms with Gasteiger partial charge in [-0.2, -0.15) is 0 Å². The summed E-state index contributed by atoms with van der Waals surface area (Å²) >= 11 is 7.76. The second-order valence-electron chi connectivity index (χ2n) is 3.61. The molecule has 92 valence electrons. The third-order valence-electron chi connectivity index (χ3n) is 2.27. The average molecular weight is 375 g/mol. The number of nitrogens with zero attached hydrogens (tertiary/aromatic N) is 1. The molecule has 0 fully saturated rings. The minimum absolute atomic E-state index is 0.0207. The van der Waals surface area contributed by atoms with Crippen LogP contribution in [0, 0.1) is 3.57 Å². The van der Waals surface area contributed by atoms with E-state index in [0.717, 1.165) is 3.57 Å². The van der Waals surface area contributed by atoms with Gasteiger partial charge in [-0.25, -0.2) is 4.99 Å². The first-order valence-electron chi connectivity index (χ1n) is 5.09. The van der Waals surface area contributed by atoms with Crippen LogP contribution in [0.2, 0.25) is 0 Å². The number of halogens is 2. The normalized spacial score (nSPS) is 14.9. The second kappa shape index (κ2) is 5.62. The number of nitrogens with one attached hydrogen (secondary N) is 1. The largest absolute Gasteiger partial charge is 0.322 e. The lowest BCUT2D eigenvalue weighted by molar-refractivity contribution is -0.119. The number of amides is 1. The predicted molar refractivity (Wildman–Crippen MR) is 78.8 cm³/mol. The summed E-state index contributed by atoms with van der Waals surface area (Å²) in [5.41, 5.74) is 0.666. The predicted octanol–water partition coefficient (Wildman–Crippen LogP) is 2.72. The van der Waals surface area contributed by atoms with Gasteiger partial charge in [0.15, 0.2) is 5.78 Å². The Hall–Kier alpha value is -1.21. The molecule has 1 amide bonds. The van der Waals surface area contributed by atoms with Gasteiger partial charge >= 0.3 is 0 Å². The molecule has 1 N–H and O–H groups in total. The third kappa shape index (κ3) is 3.17. The molecule has 0 radical (unpaired) electrons. The van der Waals surface area contributed by atoms with Crippen LogP contribution < -0.4 is 5.32 Å². The van der Waals surface area contributed by atoms with E-state index in [1.165, 1.54) is 6.20 Å². The SMILES string of the molecule is O=C1CC(Cl)=NC=C1C(=O)Nc1cccc(I)c1. The highest BCUT2D eigenvalue weighted by Crippen LogP contribution is 2.16. The number of hydrogen-bond donors (Lipinski definition) is 1. The van der Waals surface area contributed by atoms with Crippen LogP contribution in [0.15, 0.2) is 41.0 Å². The van der Waals surface area contributed by atoms with E-state index in [1.807, 2.05) is 18.2 Å². The highest BCUT2D eigenvalue weighted by atomic mass is 127. The van der Waals surface area contributed by atoms with Gasteiger partial charge in [0.25, 0.3) is 5.91 Å². The van der Waals surface area contributed by atoms with Crippen molar-refractivity contribution in [3.05, 3.63) is 39.6 Å². The zero-order chi connectivity index (χ0) is 13.1. The number of carbonyl (C=O) groups is 2. The summed E-state index contributed by atoms with van der Waals surface area (Å²) in [6.45, 7) is 0. The van der Waals surface area contributed by atoms with E-state index in [9.17, 15) is 9.59 Å². The van der Waals surface area contributed by atoms with Crippen molar-refractivity contribution in [1.29, 1.82) is 0 Å². The van der Waals surface area contributed by atoms with E-state index >= 15 is 0 Å². The molecule has 1 aromatic carbocycles. The summed E-state index contributed by atoms with van der Waals surface area (Å²) in [5, 5.41) is 2.85. The molecule has 1 aliphatic rings. The maximum absolute atomic E-state index is 11.9. The van der Waals surface area contributed by atoms with Crippen molar-refractivity contribution in [3.63, 3.8) is 0 Å². The van der Waals surface area contributed by atoms with E-state index in [-0.39, 0.29) is 22.9 Å². The van der Waals surface area contributed by atoms with Crippen LogP contribution in [0.1, 0.15) is 6.42 Å². The number of benzene rings is 1. The van der Waals surface area contributed by atoms with Crippen molar-refractivity contribution in [2.75, 3.05) is 5.32 Å². The first kappa shape index (κ1) is 13.2. The Kier molecular flexibility index (Phi) is 4.13. The molecule has 0 aromatic heterocycles. The van der Waals surface area contributed by atoms with E-state index in [4.69, 9.17) is 11.6 Å². The van der Waals surface area contributed by atoms with Gasteiger partial charge in [-0.05, 0) is 40.8 Å². The Morgan fingerprint density at radius 1 is 1.44 bits per heavy atom. The smallest absolute Gasteiger partial charge is 0.260 e. The maximum atomic E-state index is 11.9. The quantitative estimate of drug-likeness (QED) is 0.639. The molecule has 0 unspecified atom stereocenters. The van der Waals surface area contributed by atoms with Crippen LogP contribution in [0.5, 0.6) is 0 Å². The number of Topliss-reactive ketones (excluding diaryl/α,β-unsaturated/α-hetero) is 1. The average Bonchev–Trinajstić information content (AvgIpc) is 2.28. The zero-order valence-corrected chi connectivity index (χ0v) is 12.0. The van der Waals surface area contributed by atoms with Crippen LogP contribution >= 0.6 is 34.2 Å². The molecule has 4 nitrogen and oxygen atoms in total. The Labute approximate surface area is 122 Å². The van der Waals surface area contributed by atoms with Gasteiger partial charge < -0.3 is 5.32 Å². The molecule has 0 saturated carbocycles. The van der Waals surface area contributed by atoms with Gasteiger partial charge in [0.1, 0.15) is 10.7 Å². The van der Waals surface area contributed by atoms with Crippen LogP contribution in [0.25, 0.3) is 0 Å². The molecular formula is C12H8ClIN2O2. The molecule has 0 atom stereocenters. The Morgan fingerprint density at radius 3 is 2.89 bits per heavy atom. The number of rotatable bonds is 2. The van der Waals surface area contributed by atoms with E-state index in [2.05, 4.69) is 32.9 Å². The van der Waals surface area contributed by atoms with E-state index < -0.39 is 5.91 Å². The van der Waals surface area contributed by atoms with Crippen LogP contribution in [0.3, 0.4) is 0 Å². The lowest BCUT2D eigenvalue weighted by Gasteiger charge is -2.10. The molecule has 6 heteroatoms. The van der Waals surface area contributed by atoms with Crippen LogP contribution in [0.4, 0.5) is 5.69 Å². The number of hydrogen-bond acceptors (Lipinski definition) is 3. The fraction of sp³-hybridized carbons (Fsp3) is 0.0833. The second-order valence-corrected chi connectivity index (χ2v) is 5.29. The van der Waals surface area contributed by atoms with Crippen molar-refractivity contribution in [3.8, 4) is 0 Å². The fourth-order valence-electron chi connectivity index (χ4n) is 1.43. The topological polar surface area (TPSA) is 58.5 Å². The first-order chi connectivity index (χ1) is 8.56. The van der Waals surface area contributed by atoms with Crippen molar-refractivity contribution < 1.29 is 9.59 Å². The van der Waals surface area contributed by atoms with Crippen molar-refractivity contribution >= 4 is 56.7 Å². The maximum Gasteiger partial charge on any atom is 0.260 e. The molecule has 1 aromatic rings. The minimum atomic E-state index is -0.463. The zero-order valence-electron chi connectivity index (χ0n) is 9.11.